The van der Waals surface area contributed by atoms with E-state index in [0.29, 0.717) is 18.8 Å². The van der Waals surface area contributed by atoms with Gasteiger partial charge < -0.3 is 9.47 Å². The van der Waals surface area contributed by atoms with Gasteiger partial charge in [0.1, 0.15) is 6.61 Å². The van der Waals surface area contributed by atoms with Gasteiger partial charge in [-0.2, -0.15) is 0 Å². The minimum atomic E-state index is -0.471. The lowest BCUT2D eigenvalue weighted by atomic mass is 10.0. The Balaban J connectivity index is 2.42. The average Bonchev–Trinajstić information content (AvgIpc) is 2.94. The van der Waals surface area contributed by atoms with Crippen molar-refractivity contribution in [1.29, 1.82) is 0 Å². The number of esters is 1. The smallest absolute Gasteiger partial charge is 0.414 e. The van der Waals surface area contributed by atoms with Crippen molar-refractivity contribution < 1.29 is 19.1 Å². The van der Waals surface area contributed by atoms with Crippen LogP contribution < -0.4 is 0 Å². The van der Waals surface area contributed by atoms with Crippen LogP contribution in [0.5, 0.6) is 0 Å². The number of carbonyl (C=O) groups excluding carboxylic acids is 2. The Bertz CT molecular complexity index is 590. The monoisotopic (exact) mass is 287 g/mol. The van der Waals surface area contributed by atoms with Crippen LogP contribution in [0.1, 0.15) is 12.5 Å². The van der Waals surface area contributed by atoms with Crippen molar-refractivity contribution in [2.75, 3.05) is 20.3 Å². The Hall–Kier alpha value is -2.56. The summed E-state index contributed by atoms with van der Waals surface area (Å²) in [5.74, 6) is -0.471. The van der Waals surface area contributed by atoms with E-state index in [-0.39, 0.29) is 0 Å². The first-order chi connectivity index (χ1) is 10.1. The number of benzene rings is 1. The third-order valence-corrected chi connectivity index (χ3v) is 3.22. The van der Waals surface area contributed by atoms with Crippen molar-refractivity contribution in [3.8, 4) is 0 Å². The van der Waals surface area contributed by atoms with Crippen molar-refractivity contribution >= 4 is 17.6 Å². The lowest BCUT2D eigenvalue weighted by Crippen LogP contribution is -2.23. The first-order valence-corrected chi connectivity index (χ1v) is 6.60. The Morgan fingerprint density at radius 2 is 2.00 bits per heavy atom. The Labute approximate surface area is 123 Å². The lowest BCUT2D eigenvalue weighted by molar-refractivity contribution is -0.134. The van der Waals surface area contributed by atoms with Crippen molar-refractivity contribution in [2.45, 2.75) is 6.92 Å². The first kappa shape index (κ1) is 14.8. The van der Waals surface area contributed by atoms with Crippen LogP contribution in [-0.4, -0.2) is 37.2 Å². The van der Waals surface area contributed by atoms with Gasteiger partial charge in [-0.15, -0.1) is 0 Å². The summed E-state index contributed by atoms with van der Waals surface area (Å²) in [5.41, 5.74) is 2.49. The van der Waals surface area contributed by atoms with E-state index in [4.69, 9.17) is 4.74 Å². The summed E-state index contributed by atoms with van der Waals surface area (Å²) in [4.78, 5) is 24.6. The van der Waals surface area contributed by atoms with E-state index >= 15 is 0 Å². The minimum absolute atomic E-state index is 0.344. The molecule has 0 bridgehead atoms. The van der Waals surface area contributed by atoms with E-state index in [9.17, 15) is 9.59 Å². The number of cyclic esters (lactones) is 1. The molecule has 1 aliphatic heterocycles. The number of ether oxygens (including phenoxy) is 2. The molecular formula is C16H17NO4. The number of methoxy groups -OCH3 is 1. The molecule has 0 unspecified atom stereocenters. The summed E-state index contributed by atoms with van der Waals surface area (Å²) in [6.45, 7) is 2.71. The quantitative estimate of drug-likeness (QED) is 0.485. The molecule has 1 aromatic carbocycles. The molecule has 0 atom stereocenters. The standard InChI is InChI=1S/C16H17NO4/c1-12(13-6-4-3-5-7-13)14(8-9-15(18)20-2)17-10-11-21-16(17)19/h3-9H,10-11H2,1-2H3/b9-8+,14-12-. The van der Waals surface area contributed by atoms with Gasteiger partial charge in [-0.1, -0.05) is 30.3 Å². The molecule has 1 fully saturated rings. The Kier molecular flexibility index (Phi) is 4.77. The van der Waals surface area contributed by atoms with Gasteiger partial charge in [0.05, 0.1) is 19.4 Å². The number of rotatable bonds is 4. The second-order valence-electron chi connectivity index (χ2n) is 4.50. The molecule has 1 saturated heterocycles. The molecule has 110 valence electrons. The van der Waals surface area contributed by atoms with Gasteiger partial charge in [-0.05, 0) is 24.1 Å². The molecule has 0 aromatic heterocycles. The van der Waals surface area contributed by atoms with Crippen LogP contribution in [0.25, 0.3) is 5.57 Å². The SMILES string of the molecule is COC(=O)/C=C/C(=C(\C)c1ccccc1)N1CCOC1=O. The molecule has 1 heterocycles. The predicted molar refractivity (Wildman–Crippen MR) is 78.2 cm³/mol. The molecule has 0 spiro atoms. The second-order valence-corrected chi connectivity index (χ2v) is 4.50. The number of hydrogen-bond donors (Lipinski definition) is 0. The van der Waals surface area contributed by atoms with E-state index in [1.165, 1.54) is 18.1 Å². The molecule has 2 rings (SSSR count). The van der Waals surface area contributed by atoms with Crippen LogP contribution in [0.2, 0.25) is 0 Å². The van der Waals surface area contributed by atoms with E-state index in [2.05, 4.69) is 4.74 Å². The maximum Gasteiger partial charge on any atom is 0.414 e. The van der Waals surface area contributed by atoms with Crippen LogP contribution in [0, 0.1) is 0 Å². The fourth-order valence-corrected chi connectivity index (χ4v) is 2.08. The highest BCUT2D eigenvalue weighted by Crippen LogP contribution is 2.24. The van der Waals surface area contributed by atoms with E-state index in [0.717, 1.165) is 11.1 Å². The van der Waals surface area contributed by atoms with Gasteiger partial charge in [-0.3, -0.25) is 4.90 Å². The van der Waals surface area contributed by atoms with Crippen molar-refractivity contribution in [1.82, 2.24) is 4.90 Å². The molecule has 0 saturated carbocycles. The van der Waals surface area contributed by atoms with Crippen LogP contribution in [-0.2, 0) is 14.3 Å². The Morgan fingerprint density at radius 1 is 1.29 bits per heavy atom. The van der Waals surface area contributed by atoms with Gasteiger partial charge in [0, 0.05) is 6.08 Å². The van der Waals surface area contributed by atoms with Crippen LogP contribution >= 0.6 is 0 Å². The van der Waals surface area contributed by atoms with E-state index in [1.54, 1.807) is 6.08 Å². The topological polar surface area (TPSA) is 55.8 Å². The predicted octanol–water partition coefficient (Wildman–Crippen LogP) is 2.60. The largest absolute Gasteiger partial charge is 0.466 e. The molecule has 1 aromatic rings. The van der Waals surface area contributed by atoms with Gasteiger partial charge >= 0.3 is 12.1 Å². The summed E-state index contributed by atoms with van der Waals surface area (Å²) >= 11 is 0. The number of carbonyl (C=O) groups is 2. The van der Waals surface area contributed by atoms with Crippen LogP contribution in [0.15, 0.2) is 48.2 Å². The third kappa shape index (κ3) is 3.51. The molecule has 21 heavy (non-hydrogen) atoms. The van der Waals surface area contributed by atoms with Crippen molar-refractivity contribution in [2.24, 2.45) is 0 Å². The number of amides is 1. The lowest BCUT2D eigenvalue weighted by Gasteiger charge is -2.17. The molecular weight excluding hydrogens is 270 g/mol. The van der Waals surface area contributed by atoms with Gasteiger partial charge in [0.2, 0.25) is 0 Å². The summed E-state index contributed by atoms with van der Waals surface area (Å²) in [7, 11) is 1.31. The Morgan fingerprint density at radius 3 is 2.57 bits per heavy atom. The number of allylic oxidation sites excluding steroid dienone is 2. The zero-order valence-electron chi connectivity index (χ0n) is 12.0. The maximum atomic E-state index is 11.8. The fraction of sp³-hybridized carbons (Fsp3) is 0.250. The number of nitrogens with zero attached hydrogens (tertiary/aromatic N) is 1. The molecule has 1 amide bonds. The van der Waals surface area contributed by atoms with E-state index < -0.39 is 12.1 Å². The molecule has 1 aliphatic rings. The maximum absolute atomic E-state index is 11.8. The summed E-state index contributed by atoms with van der Waals surface area (Å²) in [5, 5.41) is 0. The highest BCUT2D eigenvalue weighted by molar-refractivity contribution is 5.85. The van der Waals surface area contributed by atoms with Crippen LogP contribution in [0.4, 0.5) is 4.79 Å². The minimum Gasteiger partial charge on any atom is -0.466 e. The molecule has 0 radical (unpaired) electrons. The van der Waals surface area contributed by atoms with Gasteiger partial charge in [-0.25, -0.2) is 9.59 Å². The first-order valence-electron chi connectivity index (χ1n) is 6.60. The molecule has 0 aliphatic carbocycles. The summed E-state index contributed by atoms with van der Waals surface area (Å²) in [6.07, 6.45) is 2.48. The van der Waals surface area contributed by atoms with Crippen molar-refractivity contribution in [3.63, 3.8) is 0 Å². The van der Waals surface area contributed by atoms with Crippen LogP contribution in [0.3, 0.4) is 0 Å². The normalized spacial score (nSPS) is 15.9. The second kappa shape index (κ2) is 6.74. The zero-order valence-corrected chi connectivity index (χ0v) is 12.0. The molecule has 0 N–H and O–H groups in total. The fourth-order valence-electron chi connectivity index (χ4n) is 2.08. The zero-order chi connectivity index (χ0) is 15.2. The third-order valence-electron chi connectivity index (χ3n) is 3.22. The van der Waals surface area contributed by atoms with Crippen molar-refractivity contribution in [3.05, 3.63) is 53.7 Å². The number of hydrogen-bond acceptors (Lipinski definition) is 4. The van der Waals surface area contributed by atoms with Gasteiger partial charge in [0.15, 0.2) is 0 Å². The van der Waals surface area contributed by atoms with E-state index in [1.807, 2.05) is 37.3 Å². The highest BCUT2D eigenvalue weighted by atomic mass is 16.6. The van der Waals surface area contributed by atoms with Gasteiger partial charge in [0.25, 0.3) is 0 Å². The highest BCUT2D eigenvalue weighted by Gasteiger charge is 2.26. The molecule has 5 heteroatoms. The summed E-state index contributed by atoms with van der Waals surface area (Å²) < 4.78 is 9.56. The molecule has 5 nitrogen and oxygen atoms in total. The summed E-state index contributed by atoms with van der Waals surface area (Å²) in [6, 6.07) is 9.65. The average molecular weight is 287 g/mol.